The van der Waals surface area contributed by atoms with Crippen LogP contribution in [0, 0.1) is 6.92 Å². The molecular weight excluding hydrogens is 302 g/mol. The molecule has 0 spiro atoms. The number of sulfonamides is 1. The van der Waals surface area contributed by atoms with Crippen molar-refractivity contribution in [2.45, 2.75) is 24.8 Å². The zero-order valence-corrected chi connectivity index (χ0v) is 13.5. The smallest absolute Gasteiger partial charge is 0.243 e. The normalized spacial score (nSPS) is 12.1. The second kappa shape index (κ2) is 7.38. The summed E-state index contributed by atoms with van der Waals surface area (Å²) >= 11 is 5.92. The molecule has 0 atom stereocenters. The lowest BCUT2D eigenvalue weighted by Crippen LogP contribution is -2.29. The molecule has 7 heteroatoms. The molecule has 0 aliphatic heterocycles. The van der Waals surface area contributed by atoms with Crippen LogP contribution in [0.2, 0.25) is 5.02 Å². The quantitative estimate of drug-likeness (QED) is 0.778. The van der Waals surface area contributed by atoms with Crippen molar-refractivity contribution in [3.05, 3.63) is 28.3 Å². The molecule has 0 radical (unpaired) electrons. The molecule has 114 valence electrons. The minimum Gasteiger partial charge on any atom is -0.392 e. The minimum absolute atomic E-state index is 0.133. The molecular formula is C13H20ClNO4S. The van der Waals surface area contributed by atoms with Gasteiger partial charge in [0.15, 0.2) is 0 Å². The largest absolute Gasteiger partial charge is 0.392 e. The van der Waals surface area contributed by atoms with Crippen LogP contribution in [-0.4, -0.2) is 45.1 Å². The predicted molar refractivity (Wildman–Crippen MR) is 78.4 cm³/mol. The highest BCUT2D eigenvalue weighted by Gasteiger charge is 2.24. The molecule has 20 heavy (non-hydrogen) atoms. The first kappa shape index (κ1) is 17.4. The van der Waals surface area contributed by atoms with Gasteiger partial charge in [-0.15, -0.1) is 0 Å². The van der Waals surface area contributed by atoms with E-state index in [4.69, 9.17) is 16.3 Å². The van der Waals surface area contributed by atoms with Gasteiger partial charge in [0.1, 0.15) is 0 Å². The molecule has 5 nitrogen and oxygen atoms in total. The summed E-state index contributed by atoms with van der Waals surface area (Å²) in [5.41, 5.74) is 1.04. The first-order valence-electron chi connectivity index (χ1n) is 6.19. The highest BCUT2D eigenvalue weighted by molar-refractivity contribution is 7.89. The van der Waals surface area contributed by atoms with E-state index in [0.717, 1.165) is 0 Å². The van der Waals surface area contributed by atoms with Gasteiger partial charge in [-0.3, -0.25) is 0 Å². The average molecular weight is 322 g/mol. The van der Waals surface area contributed by atoms with Crippen LogP contribution in [0.4, 0.5) is 0 Å². The lowest BCUT2D eigenvalue weighted by molar-refractivity contribution is 0.189. The Hall–Kier alpha value is -0.660. The van der Waals surface area contributed by atoms with Gasteiger partial charge in [-0.25, -0.2) is 12.7 Å². The summed E-state index contributed by atoms with van der Waals surface area (Å²) in [7, 11) is -0.533. The van der Waals surface area contributed by atoms with Crippen LogP contribution in [0.15, 0.2) is 17.0 Å². The van der Waals surface area contributed by atoms with Crippen molar-refractivity contribution >= 4 is 21.6 Å². The number of benzene rings is 1. The summed E-state index contributed by atoms with van der Waals surface area (Å²) in [4.78, 5) is 0.133. The molecule has 0 aliphatic rings. The Bertz CT molecular complexity index is 560. The van der Waals surface area contributed by atoms with Gasteiger partial charge in [0, 0.05) is 32.3 Å². The molecule has 1 rings (SSSR count). The van der Waals surface area contributed by atoms with Gasteiger partial charge < -0.3 is 9.84 Å². The van der Waals surface area contributed by atoms with E-state index >= 15 is 0 Å². The highest BCUT2D eigenvalue weighted by Crippen LogP contribution is 2.26. The van der Waals surface area contributed by atoms with E-state index in [1.807, 2.05) is 0 Å². The van der Waals surface area contributed by atoms with E-state index in [-0.39, 0.29) is 11.5 Å². The fraction of sp³-hybridized carbons (Fsp3) is 0.538. The topological polar surface area (TPSA) is 66.8 Å². The fourth-order valence-corrected chi connectivity index (χ4v) is 3.66. The molecule has 0 amide bonds. The van der Waals surface area contributed by atoms with Gasteiger partial charge in [-0.05, 0) is 36.6 Å². The summed E-state index contributed by atoms with van der Waals surface area (Å²) in [5, 5.41) is 9.56. The molecule has 0 bridgehead atoms. The van der Waals surface area contributed by atoms with Crippen molar-refractivity contribution in [1.82, 2.24) is 4.31 Å². The number of hydrogen-bond acceptors (Lipinski definition) is 4. The summed E-state index contributed by atoms with van der Waals surface area (Å²) in [6.45, 7) is 2.27. The van der Waals surface area contributed by atoms with Crippen LogP contribution in [0.1, 0.15) is 17.5 Å². The summed E-state index contributed by atoms with van der Waals surface area (Å²) in [6.07, 6.45) is 0.610. The van der Waals surface area contributed by atoms with Crippen LogP contribution in [0.25, 0.3) is 0 Å². The van der Waals surface area contributed by atoms with Crippen molar-refractivity contribution < 1.29 is 18.3 Å². The Kier molecular flexibility index (Phi) is 6.42. The zero-order chi connectivity index (χ0) is 15.3. The lowest BCUT2D eigenvalue weighted by Gasteiger charge is -2.19. The maximum Gasteiger partial charge on any atom is 0.243 e. The van der Waals surface area contributed by atoms with Crippen LogP contribution < -0.4 is 0 Å². The number of aliphatic hydroxyl groups excluding tert-OH is 1. The zero-order valence-electron chi connectivity index (χ0n) is 11.9. The highest BCUT2D eigenvalue weighted by atomic mass is 35.5. The van der Waals surface area contributed by atoms with Gasteiger partial charge in [0.25, 0.3) is 0 Å². The number of hydrogen-bond donors (Lipinski definition) is 1. The molecule has 0 fully saturated rings. The summed E-state index contributed by atoms with van der Waals surface area (Å²) < 4.78 is 31.2. The average Bonchev–Trinajstić information content (AvgIpc) is 2.40. The Morgan fingerprint density at radius 2 is 2.05 bits per heavy atom. The molecule has 0 heterocycles. The number of aliphatic hydroxyl groups is 1. The van der Waals surface area contributed by atoms with Crippen LogP contribution in [0.5, 0.6) is 0 Å². The van der Waals surface area contributed by atoms with Gasteiger partial charge in [0.2, 0.25) is 10.0 Å². The van der Waals surface area contributed by atoms with Crippen molar-refractivity contribution in [3.8, 4) is 0 Å². The van der Waals surface area contributed by atoms with Crippen molar-refractivity contribution in [2.24, 2.45) is 0 Å². The number of rotatable bonds is 7. The van der Waals surface area contributed by atoms with Gasteiger partial charge in [0.05, 0.1) is 11.5 Å². The van der Waals surface area contributed by atoms with E-state index in [1.165, 1.54) is 17.4 Å². The number of halogens is 1. The van der Waals surface area contributed by atoms with E-state index in [0.29, 0.717) is 35.7 Å². The van der Waals surface area contributed by atoms with Crippen LogP contribution >= 0.6 is 11.6 Å². The number of ether oxygens (including phenoxy) is 1. The first-order chi connectivity index (χ1) is 9.34. The van der Waals surface area contributed by atoms with Crippen LogP contribution in [-0.2, 0) is 21.4 Å². The van der Waals surface area contributed by atoms with Gasteiger partial charge >= 0.3 is 0 Å². The van der Waals surface area contributed by atoms with Gasteiger partial charge in [-0.1, -0.05) is 11.6 Å². The first-order valence-corrected chi connectivity index (χ1v) is 8.01. The predicted octanol–water partition coefficient (Wildman–Crippen LogP) is 1.80. The van der Waals surface area contributed by atoms with Gasteiger partial charge in [-0.2, -0.15) is 0 Å². The second-order valence-corrected chi connectivity index (χ2v) is 6.97. The molecule has 0 aromatic heterocycles. The van der Waals surface area contributed by atoms with E-state index in [2.05, 4.69) is 0 Å². The Morgan fingerprint density at radius 1 is 1.40 bits per heavy atom. The monoisotopic (exact) mass is 321 g/mol. The van der Waals surface area contributed by atoms with Crippen molar-refractivity contribution in [1.29, 1.82) is 0 Å². The standard InChI is InChI=1S/C13H20ClNO4S/c1-10-11(9-16)7-12(14)8-13(10)20(17,18)15(2)5-4-6-19-3/h7-8,16H,4-6,9H2,1-3H3. The SMILES string of the molecule is COCCCN(C)S(=O)(=O)c1cc(Cl)cc(CO)c1C. The third-order valence-electron chi connectivity index (χ3n) is 3.11. The summed E-state index contributed by atoms with van der Waals surface area (Å²) in [5.74, 6) is 0. The van der Waals surface area contributed by atoms with E-state index in [1.54, 1.807) is 20.1 Å². The maximum absolute atomic E-state index is 12.5. The Morgan fingerprint density at radius 3 is 2.60 bits per heavy atom. The summed E-state index contributed by atoms with van der Waals surface area (Å²) in [6, 6.07) is 2.99. The number of methoxy groups -OCH3 is 1. The molecule has 1 aromatic rings. The molecule has 0 saturated heterocycles. The molecule has 0 unspecified atom stereocenters. The lowest BCUT2D eigenvalue weighted by atomic mass is 10.1. The van der Waals surface area contributed by atoms with Crippen LogP contribution in [0.3, 0.4) is 0 Å². The Balaban J connectivity index is 3.12. The molecule has 0 aliphatic carbocycles. The molecule has 1 N–H and O–H groups in total. The second-order valence-electron chi connectivity index (χ2n) is 4.52. The van der Waals surface area contributed by atoms with Crippen molar-refractivity contribution in [3.63, 3.8) is 0 Å². The third kappa shape index (κ3) is 3.93. The molecule has 1 aromatic carbocycles. The minimum atomic E-state index is -3.62. The van der Waals surface area contributed by atoms with E-state index in [9.17, 15) is 13.5 Å². The number of nitrogens with zero attached hydrogens (tertiary/aromatic N) is 1. The van der Waals surface area contributed by atoms with Crippen molar-refractivity contribution in [2.75, 3.05) is 27.3 Å². The van der Waals surface area contributed by atoms with E-state index < -0.39 is 10.0 Å². The molecule has 0 saturated carbocycles. The third-order valence-corrected chi connectivity index (χ3v) is 5.31. The Labute approximate surface area is 125 Å². The maximum atomic E-state index is 12.5. The fourth-order valence-electron chi connectivity index (χ4n) is 1.86.